The van der Waals surface area contributed by atoms with Crippen molar-refractivity contribution in [2.24, 2.45) is 11.8 Å². The van der Waals surface area contributed by atoms with Crippen molar-refractivity contribution in [1.82, 2.24) is 45.9 Å². The SMILES string of the molecule is CC(=O)N[C@@H]1[C@@H](O)[C@@H](O)[C@@H](COCCc2cn(CCOCCOCCOCC(COCCOCCOCCn3cc(CCOC[C@H]4C[C@@H](O)[C@H](NC(C)=O)[C@@H](O)[C@H]4O)nn3)NC(=O)CCOCCOCCC(=O)Oc3c(F)c(F)c(F)c(F)c3F)nn2)C[C@H]1O. The highest BCUT2D eigenvalue weighted by Crippen LogP contribution is 2.30. The monoisotopic (exact) mass is 1300 g/mol. The van der Waals surface area contributed by atoms with E-state index in [1.165, 1.54) is 13.8 Å². The van der Waals surface area contributed by atoms with Gasteiger partial charge in [-0.15, -0.1) is 10.2 Å². The maximum Gasteiger partial charge on any atom is 0.313 e. The Hall–Kier alpha value is -5.61. The lowest BCUT2D eigenvalue weighted by Crippen LogP contribution is -2.61. The zero-order valence-electron chi connectivity index (χ0n) is 50.2. The van der Waals surface area contributed by atoms with Crippen LogP contribution in [0.4, 0.5) is 22.0 Å². The Morgan fingerprint density at radius 2 is 0.878 bits per heavy atom. The molecule has 5 rings (SSSR count). The second-order valence-corrected chi connectivity index (χ2v) is 21.1. The molecule has 3 amide bonds. The number of hydrogen-bond acceptors (Lipinski definition) is 25. The van der Waals surface area contributed by atoms with Crippen LogP contribution in [0.3, 0.4) is 0 Å². The third-order valence-corrected chi connectivity index (χ3v) is 14.0. The molecule has 0 bridgehead atoms. The molecule has 2 aliphatic carbocycles. The van der Waals surface area contributed by atoms with Crippen molar-refractivity contribution in [2.45, 2.75) is 120 Å². The van der Waals surface area contributed by atoms with E-state index in [4.69, 9.17) is 47.4 Å². The zero-order valence-corrected chi connectivity index (χ0v) is 50.2. The molecule has 510 valence electrons. The molecule has 0 saturated heterocycles. The molecule has 30 nitrogen and oxygen atoms in total. The fourth-order valence-corrected chi connectivity index (χ4v) is 9.30. The topological polar surface area (TPSA) is 389 Å². The second-order valence-electron chi connectivity index (χ2n) is 21.1. The van der Waals surface area contributed by atoms with E-state index in [0.717, 1.165) is 0 Å². The summed E-state index contributed by atoms with van der Waals surface area (Å²) in [4.78, 5) is 47.6. The molecule has 0 radical (unpaired) electrons. The van der Waals surface area contributed by atoms with E-state index in [1.807, 2.05) is 0 Å². The lowest BCUT2D eigenvalue weighted by Gasteiger charge is -2.40. The van der Waals surface area contributed by atoms with Gasteiger partial charge in [0.2, 0.25) is 52.6 Å². The lowest BCUT2D eigenvalue weighted by molar-refractivity contribution is -0.136. The number of ether oxygens (including phenoxy) is 11. The van der Waals surface area contributed by atoms with E-state index in [2.05, 4.69) is 41.3 Å². The normalized spacial score (nSPS) is 21.8. The quantitative estimate of drug-likeness (QED) is 0.00711. The third kappa shape index (κ3) is 26.5. The Bertz CT molecular complexity index is 2460. The van der Waals surface area contributed by atoms with Crippen LogP contribution in [-0.2, 0) is 92.5 Å². The number of hydrogen-bond donors (Lipinski definition) is 9. The molecule has 2 saturated carbocycles. The summed E-state index contributed by atoms with van der Waals surface area (Å²) in [6, 6.07) is -2.52. The standard InChI is InChI=1S/C55H84F5N9O21/c1-33(70)61-49-40(72)25-35(51(76)53(49)78)29-86-9-3-37-27-68(66-64-37)7-13-82-17-19-84-21-23-88-31-39(63-42(74)5-11-80-15-16-81-12-6-43(75)90-55-47(59)45(57)44(56)46(58)48(55)60)32-89-24-22-85-20-18-83-14-8-69-28-38(65-67-69)4-10-87-30-36-26-41(73)50(62-34(2)71)54(79)52(36)77/h27-28,35-36,39-41,49-54,72-73,76-79H,3-26,29-32H2,1-2H3,(H,61,70)(H,62,71)(H,63,74)/t35-,36-,40-,41-,49+,50+,51+,52+,53-,54-/m1/s1. The van der Waals surface area contributed by atoms with Crippen molar-refractivity contribution in [1.29, 1.82) is 0 Å². The maximum atomic E-state index is 13.8. The number of aliphatic hydroxyl groups is 6. The minimum atomic E-state index is -2.40. The van der Waals surface area contributed by atoms with Crippen molar-refractivity contribution >= 4 is 23.7 Å². The lowest BCUT2D eigenvalue weighted by atomic mass is 9.79. The van der Waals surface area contributed by atoms with Crippen LogP contribution in [0, 0.1) is 40.9 Å². The summed E-state index contributed by atoms with van der Waals surface area (Å²) in [6.07, 6.45) is -3.15. The third-order valence-electron chi connectivity index (χ3n) is 14.0. The Balaban J connectivity index is 0.908. The molecule has 2 fully saturated rings. The van der Waals surface area contributed by atoms with Gasteiger partial charge in [-0.2, -0.15) is 8.78 Å². The molecule has 2 aliphatic rings. The number of aromatic nitrogens is 6. The van der Waals surface area contributed by atoms with Crippen molar-refractivity contribution in [3.8, 4) is 5.75 Å². The molecule has 2 aromatic heterocycles. The predicted octanol–water partition coefficient (Wildman–Crippen LogP) is -2.40. The van der Waals surface area contributed by atoms with Gasteiger partial charge in [-0.1, -0.05) is 10.4 Å². The van der Waals surface area contributed by atoms with Crippen LogP contribution in [0.1, 0.15) is 50.9 Å². The van der Waals surface area contributed by atoms with Gasteiger partial charge in [-0.3, -0.25) is 19.2 Å². The number of esters is 1. The first-order valence-electron chi connectivity index (χ1n) is 29.4. The van der Waals surface area contributed by atoms with Crippen molar-refractivity contribution < 1.29 is 124 Å². The summed E-state index contributed by atoms with van der Waals surface area (Å²) >= 11 is 0. The molecule has 0 aliphatic heterocycles. The summed E-state index contributed by atoms with van der Waals surface area (Å²) in [5, 5.41) is 86.7. The first kappa shape index (κ1) is 75.1. The Kier molecular flexibility index (Phi) is 34.3. The molecular formula is C55H84F5N9O21. The number of carbonyl (C=O) groups excluding carboxylic acids is 4. The minimum Gasteiger partial charge on any atom is -0.420 e. The van der Waals surface area contributed by atoms with Gasteiger partial charge in [-0.25, -0.2) is 22.5 Å². The van der Waals surface area contributed by atoms with Crippen LogP contribution in [0.25, 0.3) is 0 Å². The van der Waals surface area contributed by atoms with Crippen LogP contribution < -0.4 is 20.7 Å². The second kappa shape index (κ2) is 41.1. The Morgan fingerprint density at radius 3 is 1.30 bits per heavy atom. The van der Waals surface area contributed by atoms with Gasteiger partial charge in [0.15, 0.2) is 0 Å². The molecule has 9 N–H and O–H groups in total. The van der Waals surface area contributed by atoms with Gasteiger partial charge in [-0.05, 0) is 12.8 Å². The molecular weight excluding hydrogens is 1220 g/mol. The van der Waals surface area contributed by atoms with Crippen molar-refractivity contribution in [2.75, 3.05) is 132 Å². The molecule has 35 heteroatoms. The molecule has 2 heterocycles. The van der Waals surface area contributed by atoms with Gasteiger partial charge < -0.3 is 98.7 Å². The molecule has 1 aromatic carbocycles. The molecule has 10 atom stereocenters. The fourth-order valence-electron chi connectivity index (χ4n) is 9.30. The van der Waals surface area contributed by atoms with E-state index < -0.39 is 132 Å². The minimum absolute atomic E-state index is 0.0309. The average molecular weight is 1300 g/mol. The summed E-state index contributed by atoms with van der Waals surface area (Å²) in [5.41, 5.74) is 1.33. The molecule has 90 heavy (non-hydrogen) atoms. The number of nitrogens with zero attached hydrogens (tertiary/aromatic N) is 6. The van der Waals surface area contributed by atoms with Crippen molar-refractivity contribution in [3.05, 3.63) is 52.9 Å². The van der Waals surface area contributed by atoms with Gasteiger partial charge >= 0.3 is 5.97 Å². The average Bonchev–Trinajstić information content (AvgIpc) is 1.30. The number of halogens is 5. The fraction of sp³-hybridized carbons (Fsp3) is 0.745. The highest BCUT2D eigenvalue weighted by Gasteiger charge is 2.44. The molecule has 0 unspecified atom stereocenters. The van der Waals surface area contributed by atoms with Crippen LogP contribution in [0.5, 0.6) is 5.75 Å². The van der Waals surface area contributed by atoms with Gasteiger partial charge in [0.25, 0.3) is 0 Å². The summed E-state index contributed by atoms with van der Waals surface area (Å²) in [6.45, 7) is 6.17. The summed E-state index contributed by atoms with van der Waals surface area (Å²) in [5.74, 6) is -16.9. The first-order chi connectivity index (χ1) is 43.2. The van der Waals surface area contributed by atoms with Gasteiger partial charge in [0.1, 0.15) is 12.2 Å². The largest absolute Gasteiger partial charge is 0.420 e. The van der Waals surface area contributed by atoms with Crippen LogP contribution in [-0.4, -0.2) is 271 Å². The first-order valence-corrected chi connectivity index (χ1v) is 29.4. The van der Waals surface area contributed by atoms with Gasteiger partial charge in [0, 0.05) is 57.3 Å². The van der Waals surface area contributed by atoms with E-state index in [9.17, 15) is 71.8 Å². The van der Waals surface area contributed by atoms with Crippen LogP contribution in [0.2, 0.25) is 0 Å². The maximum absolute atomic E-state index is 13.8. The van der Waals surface area contributed by atoms with E-state index in [-0.39, 0.29) is 138 Å². The molecule has 0 spiro atoms. The number of carbonyl (C=O) groups is 4. The number of rotatable bonds is 45. The predicted molar refractivity (Wildman–Crippen MR) is 296 cm³/mol. The number of amides is 3. The van der Waals surface area contributed by atoms with Gasteiger partial charge in [0.05, 0.1) is 206 Å². The highest BCUT2D eigenvalue weighted by molar-refractivity contribution is 5.76. The van der Waals surface area contributed by atoms with Crippen molar-refractivity contribution in [3.63, 3.8) is 0 Å². The van der Waals surface area contributed by atoms with E-state index in [0.29, 0.717) is 50.5 Å². The number of benzene rings is 1. The zero-order chi connectivity index (χ0) is 65.4. The smallest absolute Gasteiger partial charge is 0.313 e. The Labute approximate surface area is 515 Å². The van der Waals surface area contributed by atoms with Crippen LogP contribution in [0.15, 0.2) is 12.4 Å². The van der Waals surface area contributed by atoms with Crippen LogP contribution >= 0.6 is 0 Å². The van der Waals surface area contributed by atoms with E-state index in [1.54, 1.807) is 21.8 Å². The molecule has 3 aromatic rings. The number of aliphatic hydroxyl groups excluding tert-OH is 6. The highest BCUT2D eigenvalue weighted by atomic mass is 19.2. The van der Waals surface area contributed by atoms with E-state index >= 15 is 0 Å². The summed E-state index contributed by atoms with van der Waals surface area (Å²) < 4.78 is 131. The number of nitrogens with one attached hydrogen (secondary N) is 3. The summed E-state index contributed by atoms with van der Waals surface area (Å²) in [7, 11) is 0. The Morgan fingerprint density at radius 1 is 0.500 bits per heavy atom.